The molecular weight excluding hydrogens is 546 g/mol. The molecule has 1 amide bonds. The van der Waals surface area contributed by atoms with Crippen molar-refractivity contribution >= 4 is 61.0 Å². The molecule has 7 nitrogen and oxygen atoms in total. The van der Waals surface area contributed by atoms with E-state index in [0.29, 0.717) is 28.4 Å². The number of thioether (sulfide) groups is 1. The molecule has 0 aliphatic carbocycles. The Labute approximate surface area is 218 Å². The number of carbonyl (C=O) groups is 1. The zero-order valence-electron chi connectivity index (χ0n) is 18.7. The summed E-state index contributed by atoms with van der Waals surface area (Å²) in [5, 5.41) is 13.7. The summed E-state index contributed by atoms with van der Waals surface area (Å²) in [7, 11) is 0. The van der Waals surface area contributed by atoms with Crippen LogP contribution in [-0.4, -0.2) is 31.4 Å². The molecule has 3 heterocycles. The monoisotopic (exact) mass is 565 g/mol. The summed E-state index contributed by atoms with van der Waals surface area (Å²) in [6.07, 6.45) is 1.76. The lowest BCUT2D eigenvalue weighted by molar-refractivity contribution is -0.113. The highest BCUT2D eigenvalue weighted by Crippen LogP contribution is 2.32. The van der Waals surface area contributed by atoms with E-state index in [0.717, 1.165) is 31.6 Å². The lowest BCUT2D eigenvalue weighted by Crippen LogP contribution is -2.14. The Morgan fingerprint density at radius 3 is 2.86 bits per heavy atom. The number of hydrogen-bond acceptors (Lipinski definition) is 7. The molecule has 0 fully saturated rings. The molecule has 0 saturated heterocycles. The smallest absolute Gasteiger partial charge is 0.236 e. The lowest BCUT2D eigenvalue weighted by Gasteiger charge is -2.06. The van der Waals surface area contributed by atoms with Gasteiger partial charge in [-0.25, -0.2) is 4.98 Å². The molecule has 5 aromatic rings. The molecule has 10 heteroatoms. The van der Waals surface area contributed by atoms with Crippen LogP contribution in [0.5, 0.6) is 0 Å². The number of thiazole rings is 1. The fourth-order valence-corrected chi connectivity index (χ4v) is 5.57. The van der Waals surface area contributed by atoms with Crippen molar-refractivity contribution in [2.24, 2.45) is 0 Å². The van der Waals surface area contributed by atoms with E-state index in [1.165, 1.54) is 23.1 Å². The number of nitrogens with one attached hydrogen (secondary N) is 1. The predicted octanol–water partition coefficient (Wildman–Crippen LogP) is 6.80. The second kappa shape index (κ2) is 10.2. The highest BCUT2D eigenvalue weighted by molar-refractivity contribution is 9.10. The Bertz CT molecular complexity index is 1520. The molecule has 0 spiro atoms. The van der Waals surface area contributed by atoms with E-state index < -0.39 is 0 Å². The van der Waals surface area contributed by atoms with Crippen molar-refractivity contribution in [1.82, 2.24) is 19.7 Å². The molecular formula is C25H20BrN5O2S2. The van der Waals surface area contributed by atoms with E-state index in [1.54, 1.807) is 6.08 Å². The molecule has 3 aromatic heterocycles. The van der Waals surface area contributed by atoms with Gasteiger partial charge in [-0.3, -0.25) is 9.36 Å². The van der Waals surface area contributed by atoms with Gasteiger partial charge in [0, 0.05) is 26.8 Å². The Hall–Kier alpha value is -3.21. The molecule has 176 valence electrons. The standard InChI is InChI=1S/C25H20BrN5O2S2/c1-3-11-31-23(20-13-17-12-18(26)9-10-19(17)33-20)29-30-25(31)34-14-21(32)27-24-28-22(15(2)35-24)16-7-5-4-6-8-16/h3-10,12-13H,1,11,14H2,2H3,(H,27,28,32). The number of aromatic nitrogens is 4. The highest BCUT2D eigenvalue weighted by atomic mass is 79.9. The third-order valence-electron chi connectivity index (χ3n) is 5.15. The Kier molecular flexibility index (Phi) is 6.85. The van der Waals surface area contributed by atoms with Crippen molar-refractivity contribution < 1.29 is 9.21 Å². The number of nitrogens with zero attached hydrogens (tertiary/aromatic N) is 4. The first-order chi connectivity index (χ1) is 17.0. The van der Waals surface area contributed by atoms with E-state index in [1.807, 2.05) is 66.1 Å². The zero-order valence-corrected chi connectivity index (χ0v) is 21.9. The largest absolute Gasteiger partial charge is 0.453 e. The van der Waals surface area contributed by atoms with E-state index in [4.69, 9.17) is 4.42 Å². The van der Waals surface area contributed by atoms with Crippen LogP contribution in [0.15, 0.2) is 81.3 Å². The van der Waals surface area contributed by atoms with Gasteiger partial charge in [0.1, 0.15) is 5.58 Å². The van der Waals surface area contributed by atoms with Crippen LogP contribution in [0, 0.1) is 6.92 Å². The summed E-state index contributed by atoms with van der Waals surface area (Å²) in [6.45, 7) is 6.33. The van der Waals surface area contributed by atoms with Gasteiger partial charge in [-0.15, -0.1) is 28.1 Å². The van der Waals surface area contributed by atoms with Gasteiger partial charge in [-0.2, -0.15) is 0 Å². The van der Waals surface area contributed by atoms with E-state index in [2.05, 4.69) is 43.0 Å². The average Bonchev–Trinajstić information content (AvgIpc) is 3.55. The van der Waals surface area contributed by atoms with Crippen LogP contribution in [0.3, 0.4) is 0 Å². The van der Waals surface area contributed by atoms with Crippen molar-refractivity contribution in [1.29, 1.82) is 0 Å². The number of allylic oxidation sites excluding steroid dienone is 1. The van der Waals surface area contributed by atoms with Crippen LogP contribution in [-0.2, 0) is 11.3 Å². The van der Waals surface area contributed by atoms with Crippen molar-refractivity contribution in [3.05, 3.63) is 76.6 Å². The number of furan rings is 1. The summed E-state index contributed by atoms with van der Waals surface area (Å²) < 4.78 is 8.85. The maximum atomic E-state index is 12.7. The third-order valence-corrected chi connectivity index (χ3v) is 7.50. The minimum absolute atomic E-state index is 0.161. The number of fused-ring (bicyclic) bond motifs is 1. The number of amides is 1. The number of halogens is 1. The van der Waals surface area contributed by atoms with E-state index in [9.17, 15) is 4.79 Å². The molecule has 5 rings (SSSR count). The second-order valence-corrected chi connectivity index (χ2v) is 10.7. The van der Waals surface area contributed by atoms with Gasteiger partial charge in [0.2, 0.25) is 11.7 Å². The number of aryl methyl sites for hydroxylation is 1. The quantitative estimate of drug-likeness (QED) is 0.164. The van der Waals surface area contributed by atoms with Crippen molar-refractivity contribution in [2.45, 2.75) is 18.6 Å². The Morgan fingerprint density at radius 2 is 2.06 bits per heavy atom. The number of anilines is 1. The van der Waals surface area contributed by atoms with Crippen molar-refractivity contribution in [3.63, 3.8) is 0 Å². The molecule has 0 radical (unpaired) electrons. The topological polar surface area (TPSA) is 85.8 Å². The van der Waals surface area contributed by atoms with Gasteiger partial charge < -0.3 is 9.73 Å². The number of carbonyl (C=O) groups excluding carboxylic acids is 1. The van der Waals surface area contributed by atoms with Gasteiger partial charge in [-0.1, -0.05) is 64.1 Å². The molecule has 0 atom stereocenters. The van der Waals surface area contributed by atoms with Crippen LogP contribution in [0.25, 0.3) is 33.8 Å². The minimum Gasteiger partial charge on any atom is -0.453 e. The molecule has 0 saturated carbocycles. The maximum absolute atomic E-state index is 12.7. The molecule has 2 aromatic carbocycles. The fourth-order valence-electron chi connectivity index (χ4n) is 3.60. The fraction of sp³-hybridized carbons (Fsp3) is 0.120. The molecule has 0 aliphatic rings. The third kappa shape index (κ3) is 5.09. The Balaban J connectivity index is 1.30. The molecule has 0 aliphatic heterocycles. The van der Waals surface area contributed by atoms with E-state index in [-0.39, 0.29) is 11.7 Å². The van der Waals surface area contributed by atoms with Crippen LogP contribution >= 0.6 is 39.0 Å². The summed E-state index contributed by atoms with van der Waals surface area (Å²) in [6, 6.07) is 17.7. The number of rotatable bonds is 8. The first kappa shape index (κ1) is 23.5. The Morgan fingerprint density at radius 1 is 1.23 bits per heavy atom. The van der Waals surface area contributed by atoms with Crippen LogP contribution in [0.2, 0.25) is 0 Å². The normalized spacial score (nSPS) is 11.1. The van der Waals surface area contributed by atoms with Gasteiger partial charge in [0.15, 0.2) is 16.0 Å². The van der Waals surface area contributed by atoms with Crippen molar-refractivity contribution in [2.75, 3.05) is 11.1 Å². The van der Waals surface area contributed by atoms with E-state index >= 15 is 0 Å². The minimum atomic E-state index is -0.161. The summed E-state index contributed by atoms with van der Waals surface area (Å²) in [5.41, 5.74) is 2.67. The maximum Gasteiger partial charge on any atom is 0.236 e. The highest BCUT2D eigenvalue weighted by Gasteiger charge is 2.19. The summed E-state index contributed by atoms with van der Waals surface area (Å²) in [5.74, 6) is 1.20. The van der Waals surface area contributed by atoms with Crippen molar-refractivity contribution in [3.8, 4) is 22.8 Å². The van der Waals surface area contributed by atoms with Gasteiger partial charge in [-0.05, 0) is 31.2 Å². The SMILES string of the molecule is C=CCn1c(SCC(=O)Nc2nc(-c3ccccc3)c(C)s2)nnc1-c1cc2cc(Br)ccc2o1. The van der Waals surface area contributed by atoms with Gasteiger partial charge in [0.05, 0.1) is 11.4 Å². The second-order valence-electron chi connectivity index (χ2n) is 7.62. The van der Waals surface area contributed by atoms with Gasteiger partial charge in [0.25, 0.3) is 0 Å². The number of hydrogen-bond donors (Lipinski definition) is 1. The lowest BCUT2D eigenvalue weighted by atomic mass is 10.1. The van der Waals surface area contributed by atoms with Crippen LogP contribution in [0.4, 0.5) is 5.13 Å². The molecule has 0 unspecified atom stereocenters. The molecule has 0 bridgehead atoms. The predicted molar refractivity (Wildman–Crippen MR) is 145 cm³/mol. The first-order valence-corrected chi connectivity index (χ1v) is 13.3. The van der Waals surface area contributed by atoms with Gasteiger partial charge >= 0.3 is 0 Å². The first-order valence-electron chi connectivity index (χ1n) is 10.7. The van der Waals surface area contributed by atoms with Crippen LogP contribution < -0.4 is 5.32 Å². The zero-order chi connectivity index (χ0) is 24.4. The summed E-state index contributed by atoms with van der Waals surface area (Å²) >= 11 is 6.25. The number of benzene rings is 2. The van der Waals surface area contributed by atoms with Crippen LogP contribution in [0.1, 0.15) is 4.88 Å². The average molecular weight is 567 g/mol. The molecule has 35 heavy (non-hydrogen) atoms. The molecule has 1 N–H and O–H groups in total. The summed E-state index contributed by atoms with van der Waals surface area (Å²) in [4.78, 5) is 18.3.